The highest BCUT2D eigenvalue weighted by molar-refractivity contribution is 5.98. The van der Waals surface area contributed by atoms with Crippen molar-refractivity contribution in [3.8, 4) is 0 Å². The summed E-state index contributed by atoms with van der Waals surface area (Å²) in [6.45, 7) is 2.95. The third-order valence-electron chi connectivity index (χ3n) is 8.06. The number of rotatable bonds is 0. The Bertz CT molecular complexity index is 675. The van der Waals surface area contributed by atoms with Crippen LogP contribution in [0.25, 0.3) is 0 Å². The van der Waals surface area contributed by atoms with Gasteiger partial charge in [0.15, 0.2) is 5.78 Å². The summed E-state index contributed by atoms with van der Waals surface area (Å²) in [6, 6.07) is 0. The Labute approximate surface area is 135 Å². The summed E-state index contributed by atoms with van der Waals surface area (Å²) < 4.78 is 11.7. The molecule has 1 spiro atoms. The molecule has 4 heteroatoms. The van der Waals surface area contributed by atoms with Crippen molar-refractivity contribution in [2.24, 2.45) is 29.1 Å². The third-order valence-corrected chi connectivity index (χ3v) is 8.06. The normalized spacial score (nSPS) is 58.9. The van der Waals surface area contributed by atoms with Crippen LogP contribution < -0.4 is 0 Å². The van der Waals surface area contributed by atoms with Gasteiger partial charge in [-0.3, -0.25) is 9.59 Å². The van der Waals surface area contributed by atoms with Crippen LogP contribution in [0.15, 0.2) is 11.6 Å². The number of carbonyl (C=O) groups is 2. The van der Waals surface area contributed by atoms with Crippen LogP contribution in [0.4, 0.5) is 0 Å². The lowest BCUT2D eigenvalue weighted by atomic mass is 9.50. The van der Waals surface area contributed by atoms with Gasteiger partial charge in [0.1, 0.15) is 17.5 Å². The zero-order chi connectivity index (χ0) is 15.6. The molecular formula is C19H22O4. The molecule has 0 amide bonds. The van der Waals surface area contributed by atoms with Gasteiger partial charge in [-0.25, -0.2) is 0 Å². The number of fused-ring (bicyclic) bond motifs is 8. The lowest BCUT2D eigenvalue weighted by molar-refractivity contribution is -0.131. The Morgan fingerprint density at radius 1 is 1.22 bits per heavy atom. The van der Waals surface area contributed by atoms with Crippen LogP contribution in [0.1, 0.15) is 39.0 Å². The Morgan fingerprint density at radius 2 is 2.04 bits per heavy atom. The summed E-state index contributed by atoms with van der Waals surface area (Å²) in [5.41, 5.74) is 0.935. The molecule has 3 saturated carbocycles. The molecule has 6 aliphatic rings. The monoisotopic (exact) mass is 314 g/mol. The maximum Gasteiger partial charge on any atom is 0.187 e. The summed E-state index contributed by atoms with van der Waals surface area (Å²) >= 11 is 0. The third kappa shape index (κ3) is 1.46. The molecule has 0 aromatic heterocycles. The number of hydrogen-bond donors (Lipinski definition) is 0. The van der Waals surface area contributed by atoms with E-state index < -0.39 is 0 Å². The number of Topliss-reactive ketones (excluding diaryl/α,β-unsaturated/α-hetero) is 1. The molecule has 6 rings (SSSR count). The van der Waals surface area contributed by atoms with Crippen LogP contribution in [0.5, 0.6) is 0 Å². The molecule has 0 radical (unpaired) electrons. The van der Waals surface area contributed by atoms with Gasteiger partial charge in [-0.15, -0.1) is 0 Å². The van der Waals surface area contributed by atoms with E-state index in [0.29, 0.717) is 29.5 Å². The van der Waals surface area contributed by atoms with Gasteiger partial charge in [0.05, 0.1) is 12.7 Å². The van der Waals surface area contributed by atoms with Crippen molar-refractivity contribution < 1.29 is 19.1 Å². The van der Waals surface area contributed by atoms with Gasteiger partial charge in [-0.05, 0) is 55.1 Å². The topological polar surface area (TPSA) is 59.2 Å². The van der Waals surface area contributed by atoms with Crippen molar-refractivity contribution in [1.82, 2.24) is 0 Å². The van der Waals surface area contributed by atoms with Crippen LogP contribution in [-0.2, 0) is 19.1 Å². The Hall–Kier alpha value is -1.00. The highest BCUT2D eigenvalue weighted by Crippen LogP contribution is 2.66. The van der Waals surface area contributed by atoms with Crippen LogP contribution in [0.2, 0.25) is 0 Å². The van der Waals surface area contributed by atoms with Gasteiger partial charge in [-0.1, -0.05) is 6.92 Å². The molecule has 4 nitrogen and oxygen atoms in total. The zero-order valence-electron chi connectivity index (χ0n) is 13.4. The lowest BCUT2D eigenvalue weighted by Crippen LogP contribution is -2.52. The largest absolute Gasteiger partial charge is 0.365 e. The summed E-state index contributed by atoms with van der Waals surface area (Å²) in [5.74, 6) is 2.62. The van der Waals surface area contributed by atoms with E-state index in [9.17, 15) is 9.59 Å². The molecule has 122 valence electrons. The Kier molecular flexibility index (Phi) is 2.20. The molecule has 5 fully saturated rings. The van der Waals surface area contributed by atoms with Crippen molar-refractivity contribution in [2.75, 3.05) is 6.61 Å². The second-order valence-corrected chi connectivity index (χ2v) is 8.89. The predicted octanol–water partition coefficient (Wildman–Crippen LogP) is 2.06. The second-order valence-electron chi connectivity index (χ2n) is 8.89. The minimum absolute atomic E-state index is 0.0952. The molecular weight excluding hydrogens is 292 g/mol. The maximum atomic E-state index is 12.5. The number of ketones is 2. The fraction of sp³-hybridized carbons (Fsp3) is 0.789. The van der Waals surface area contributed by atoms with Gasteiger partial charge in [-0.2, -0.15) is 0 Å². The standard InChI is InChI=1S/C19H22O4/c1-18-5-4-9-10(11(18)2-3-14(18)21)7-19(8-22-19)12-6-13(20)16-17(23-16)15(9)12/h6,9-11,15-17H,2-5,7-8H2,1H3/t9-,10+,11-,15?,16?,17?,18-,19+/m0/s1. The first-order valence-electron chi connectivity index (χ1n) is 9.12. The first-order valence-corrected chi connectivity index (χ1v) is 9.12. The molecule has 4 aliphatic carbocycles. The van der Waals surface area contributed by atoms with Crippen molar-refractivity contribution >= 4 is 11.6 Å². The average molecular weight is 314 g/mol. The molecule has 2 saturated heterocycles. The highest BCUT2D eigenvalue weighted by Gasteiger charge is 2.69. The summed E-state index contributed by atoms with van der Waals surface area (Å²) in [5, 5.41) is 0. The number of carbonyl (C=O) groups excluding carboxylic acids is 2. The number of hydrogen-bond acceptors (Lipinski definition) is 4. The molecule has 0 bridgehead atoms. The summed E-state index contributed by atoms with van der Waals surface area (Å²) in [4.78, 5) is 24.6. The highest BCUT2D eigenvalue weighted by atomic mass is 16.6. The van der Waals surface area contributed by atoms with E-state index in [1.807, 2.05) is 6.08 Å². The van der Waals surface area contributed by atoms with Gasteiger partial charge >= 0.3 is 0 Å². The Morgan fingerprint density at radius 3 is 2.83 bits per heavy atom. The SMILES string of the molecule is C[C@]12CC[C@@H]3C4C(=CC(=O)C5OC54)[C@]4(CO4)C[C@H]3[C@@H]1CCC2=O. The Balaban J connectivity index is 1.44. The first kappa shape index (κ1) is 13.3. The van der Waals surface area contributed by atoms with E-state index in [1.165, 1.54) is 5.57 Å². The van der Waals surface area contributed by atoms with E-state index in [0.717, 1.165) is 38.7 Å². The van der Waals surface area contributed by atoms with Crippen LogP contribution in [0.3, 0.4) is 0 Å². The van der Waals surface area contributed by atoms with Gasteiger partial charge in [0.2, 0.25) is 0 Å². The number of ether oxygens (including phenoxy) is 2. The van der Waals surface area contributed by atoms with E-state index in [1.54, 1.807) is 0 Å². The van der Waals surface area contributed by atoms with Gasteiger partial charge < -0.3 is 9.47 Å². The van der Waals surface area contributed by atoms with E-state index in [2.05, 4.69) is 6.92 Å². The summed E-state index contributed by atoms with van der Waals surface area (Å²) in [7, 11) is 0. The van der Waals surface area contributed by atoms with E-state index >= 15 is 0 Å². The van der Waals surface area contributed by atoms with Crippen molar-refractivity contribution in [3.63, 3.8) is 0 Å². The van der Waals surface area contributed by atoms with Crippen molar-refractivity contribution in [3.05, 3.63) is 11.6 Å². The smallest absolute Gasteiger partial charge is 0.187 e. The zero-order valence-corrected chi connectivity index (χ0v) is 13.4. The molecule has 2 aliphatic heterocycles. The molecule has 0 N–H and O–H groups in total. The van der Waals surface area contributed by atoms with Crippen LogP contribution in [-0.4, -0.2) is 36.0 Å². The predicted molar refractivity (Wildman–Crippen MR) is 80.6 cm³/mol. The van der Waals surface area contributed by atoms with Crippen LogP contribution >= 0.6 is 0 Å². The fourth-order valence-electron chi connectivity index (χ4n) is 6.74. The molecule has 0 aromatic carbocycles. The second kappa shape index (κ2) is 3.80. The molecule has 8 atom stereocenters. The quantitative estimate of drug-likeness (QED) is 0.642. The molecule has 0 aromatic rings. The minimum Gasteiger partial charge on any atom is -0.365 e. The molecule has 2 heterocycles. The minimum atomic E-state index is -0.192. The van der Waals surface area contributed by atoms with E-state index in [4.69, 9.17) is 9.47 Å². The van der Waals surface area contributed by atoms with Crippen molar-refractivity contribution in [2.45, 2.75) is 56.8 Å². The lowest BCUT2D eigenvalue weighted by Gasteiger charge is -2.53. The summed E-state index contributed by atoms with van der Waals surface area (Å²) in [6.07, 6.45) is 6.70. The molecule has 23 heavy (non-hydrogen) atoms. The van der Waals surface area contributed by atoms with E-state index in [-0.39, 0.29) is 29.0 Å². The first-order chi connectivity index (χ1) is 11.0. The van der Waals surface area contributed by atoms with Gasteiger partial charge in [0, 0.05) is 17.8 Å². The molecule has 3 unspecified atom stereocenters. The number of epoxide rings is 2. The van der Waals surface area contributed by atoms with Crippen LogP contribution in [0, 0.1) is 29.1 Å². The maximum absolute atomic E-state index is 12.5. The van der Waals surface area contributed by atoms with Crippen molar-refractivity contribution in [1.29, 1.82) is 0 Å². The fourth-order valence-corrected chi connectivity index (χ4v) is 6.74. The average Bonchev–Trinajstić information content (AvgIpc) is 3.42. The van der Waals surface area contributed by atoms with Gasteiger partial charge in [0.25, 0.3) is 0 Å².